The van der Waals surface area contributed by atoms with Crippen LogP contribution in [0.2, 0.25) is 0 Å². The summed E-state index contributed by atoms with van der Waals surface area (Å²) in [5.41, 5.74) is 5.38. The Labute approximate surface area is 137 Å². The highest BCUT2D eigenvalue weighted by atomic mass is 32.2. The van der Waals surface area contributed by atoms with E-state index in [1.165, 1.54) is 12.1 Å². The zero-order chi connectivity index (χ0) is 17.4. The first-order valence-electron chi connectivity index (χ1n) is 7.46. The van der Waals surface area contributed by atoms with Gasteiger partial charge in [0.15, 0.2) is 0 Å². The van der Waals surface area contributed by atoms with E-state index < -0.39 is 10.0 Å². The molecule has 0 spiro atoms. The Kier molecular flexibility index (Phi) is 4.92. The van der Waals surface area contributed by atoms with Crippen LogP contribution >= 0.6 is 0 Å². The lowest BCUT2D eigenvalue weighted by molar-refractivity contribution is 0.579. The highest BCUT2D eigenvalue weighted by Gasteiger charge is 2.23. The van der Waals surface area contributed by atoms with Crippen molar-refractivity contribution in [2.24, 2.45) is 0 Å². The second kappa shape index (κ2) is 6.42. The lowest BCUT2D eigenvalue weighted by atomic mass is 9.95. The third-order valence-electron chi connectivity index (χ3n) is 4.58. The fourth-order valence-electron chi connectivity index (χ4n) is 2.72. The summed E-state index contributed by atoms with van der Waals surface area (Å²) < 4.78 is 41.0. The molecular weight excluding hydrogens is 313 g/mol. The summed E-state index contributed by atoms with van der Waals surface area (Å²) in [4.78, 5) is 0.347. The van der Waals surface area contributed by atoms with Crippen molar-refractivity contribution in [3.63, 3.8) is 0 Å². The lowest BCUT2D eigenvalue weighted by Gasteiger charge is -2.19. The van der Waals surface area contributed by atoms with Crippen LogP contribution in [0.1, 0.15) is 33.4 Å². The summed E-state index contributed by atoms with van der Waals surface area (Å²) in [5, 5.41) is 0. The molecule has 0 saturated heterocycles. The Bertz CT molecular complexity index is 811. The maximum Gasteiger partial charge on any atom is 0.241 e. The normalized spacial score (nSPS) is 11.7. The largest absolute Gasteiger partial charge is 0.241 e. The van der Waals surface area contributed by atoms with Crippen molar-refractivity contribution in [2.75, 3.05) is 0 Å². The molecule has 0 radical (unpaired) electrons. The molecule has 2 aromatic rings. The van der Waals surface area contributed by atoms with Gasteiger partial charge in [0.25, 0.3) is 0 Å². The number of halogens is 1. The molecule has 3 nitrogen and oxygen atoms in total. The van der Waals surface area contributed by atoms with Crippen LogP contribution in [0, 0.1) is 40.4 Å². The van der Waals surface area contributed by atoms with Crippen LogP contribution in [0.5, 0.6) is 0 Å². The molecule has 2 aromatic carbocycles. The summed E-state index contributed by atoms with van der Waals surface area (Å²) in [6.07, 6.45) is 0. The van der Waals surface area contributed by atoms with E-state index in [1.807, 2.05) is 34.6 Å². The van der Waals surface area contributed by atoms with Crippen LogP contribution in [0.25, 0.3) is 0 Å². The van der Waals surface area contributed by atoms with Gasteiger partial charge in [-0.05, 0) is 80.1 Å². The van der Waals surface area contributed by atoms with E-state index in [9.17, 15) is 12.8 Å². The molecule has 0 atom stereocenters. The summed E-state index contributed by atoms with van der Waals surface area (Å²) >= 11 is 0. The van der Waals surface area contributed by atoms with Crippen LogP contribution < -0.4 is 4.72 Å². The van der Waals surface area contributed by atoms with Crippen LogP contribution in [0.4, 0.5) is 4.39 Å². The smallest absolute Gasteiger partial charge is 0.207 e. The Morgan fingerprint density at radius 2 is 1.26 bits per heavy atom. The highest BCUT2D eigenvalue weighted by molar-refractivity contribution is 7.89. The van der Waals surface area contributed by atoms with Gasteiger partial charge in [0, 0.05) is 6.54 Å². The van der Waals surface area contributed by atoms with E-state index in [2.05, 4.69) is 4.72 Å². The minimum absolute atomic E-state index is 0.132. The fourth-order valence-corrected chi connectivity index (χ4v) is 4.33. The standard InChI is InChI=1S/C18H22FNO2S/c1-11-12(2)14(4)18(15(5)13(11)3)23(21,22)20-10-16-6-8-17(19)9-7-16/h6-9,20H,10H2,1-5H3. The molecule has 23 heavy (non-hydrogen) atoms. The first kappa shape index (κ1) is 17.6. The molecule has 0 unspecified atom stereocenters. The quantitative estimate of drug-likeness (QED) is 0.922. The number of hydrogen-bond acceptors (Lipinski definition) is 2. The van der Waals surface area contributed by atoms with Crippen LogP contribution in [-0.4, -0.2) is 8.42 Å². The van der Waals surface area contributed by atoms with Crippen molar-refractivity contribution in [3.8, 4) is 0 Å². The third-order valence-corrected chi connectivity index (χ3v) is 6.25. The molecule has 0 aliphatic carbocycles. The molecule has 0 saturated carbocycles. The van der Waals surface area contributed by atoms with Gasteiger partial charge in [0.05, 0.1) is 4.90 Å². The van der Waals surface area contributed by atoms with Crippen molar-refractivity contribution in [1.29, 1.82) is 0 Å². The molecule has 0 fully saturated rings. The zero-order valence-electron chi connectivity index (χ0n) is 14.1. The predicted octanol–water partition coefficient (Wildman–Crippen LogP) is 3.85. The van der Waals surface area contributed by atoms with Gasteiger partial charge in [0.2, 0.25) is 10.0 Å². The van der Waals surface area contributed by atoms with Crippen LogP contribution in [-0.2, 0) is 16.6 Å². The highest BCUT2D eigenvalue weighted by Crippen LogP contribution is 2.29. The SMILES string of the molecule is Cc1c(C)c(C)c(S(=O)(=O)NCc2ccc(F)cc2)c(C)c1C. The van der Waals surface area contributed by atoms with Crippen molar-refractivity contribution < 1.29 is 12.8 Å². The molecule has 1 N–H and O–H groups in total. The molecule has 0 aromatic heterocycles. The second-order valence-corrected chi connectivity index (χ2v) is 7.61. The Hall–Kier alpha value is -1.72. The molecule has 0 bridgehead atoms. The van der Waals surface area contributed by atoms with Crippen LogP contribution in [0.15, 0.2) is 29.2 Å². The van der Waals surface area contributed by atoms with Gasteiger partial charge >= 0.3 is 0 Å². The number of nitrogens with one attached hydrogen (secondary N) is 1. The van der Waals surface area contributed by atoms with Gasteiger partial charge in [-0.1, -0.05) is 12.1 Å². The molecule has 0 aliphatic rings. The van der Waals surface area contributed by atoms with Gasteiger partial charge in [0.1, 0.15) is 5.82 Å². The number of hydrogen-bond donors (Lipinski definition) is 1. The van der Waals surface area contributed by atoms with Crippen molar-refractivity contribution in [3.05, 3.63) is 63.5 Å². The molecule has 5 heteroatoms. The summed E-state index contributed by atoms with van der Waals surface area (Å²) in [5.74, 6) is -0.340. The molecule has 0 amide bonds. The number of rotatable bonds is 4. The van der Waals surface area contributed by atoms with Gasteiger partial charge < -0.3 is 0 Å². The van der Waals surface area contributed by atoms with Gasteiger partial charge in [-0.15, -0.1) is 0 Å². The van der Waals surface area contributed by atoms with E-state index in [-0.39, 0.29) is 12.4 Å². The Balaban J connectivity index is 2.39. The Morgan fingerprint density at radius 3 is 1.74 bits per heavy atom. The van der Waals surface area contributed by atoms with Crippen LogP contribution in [0.3, 0.4) is 0 Å². The van der Waals surface area contributed by atoms with E-state index in [0.29, 0.717) is 10.5 Å². The average molecular weight is 335 g/mol. The lowest BCUT2D eigenvalue weighted by Crippen LogP contribution is -2.25. The van der Waals surface area contributed by atoms with Gasteiger partial charge in [-0.2, -0.15) is 0 Å². The molecule has 0 heterocycles. The summed E-state index contributed by atoms with van der Waals surface area (Å²) in [6, 6.07) is 5.78. The van der Waals surface area contributed by atoms with E-state index in [1.54, 1.807) is 12.1 Å². The van der Waals surface area contributed by atoms with E-state index in [4.69, 9.17) is 0 Å². The maximum absolute atomic E-state index is 12.9. The monoisotopic (exact) mass is 335 g/mol. The van der Waals surface area contributed by atoms with Gasteiger partial charge in [-0.3, -0.25) is 0 Å². The van der Waals surface area contributed by atoms with E-state index in [0.717, 1.165) is 27.8 Å². The first-order chi connectivity index (χ1) is 10.6. The molecule has 2 rings (SSSR count). The number of sulfonamides is 1. The van der Waals surface area contributed by atoms with Gasteiger partial charge in [-0.25, -0.2) is 17.5 Å². The number of benzene rings is 2. The Morgan fingerprint density at radius 1 is 0.826 bits per heavy atom. The minimum Gasteiger partial charge on any atom is -0.207 e. The van der Waals surface area contributed by atoms with E-state index >= 15 is 0 Å². The predicted molar refractivity (Wildman–Crippen MR) is 90.6 cm³/mol. The molecule has 0 aliphatic heterocycles. The van der Waals surface area contributed by atoms with Crippen molar-refractivity contribution in [1.82, 2.24) is 4.72 Å². The second-order valence-electron chi connectivity index (χ2n) is 5.91. The summed E-state index contributed by atoms with van der Waals surface area (Å²) in [7, 11) is -3.64. The summed E-state index contributed by atoms with van der Waals surface area (Å²) in [6.45, 7) is 9.69. The van der Waals surface area contributed by atoms with Crippen molar-refractivity contribution >= 4 is 10.0 Å². The van der Waals surface area contributed by atoms with Crippen molar-refractivity contribution in [2.45, 2.75) is 46.1 Å². The molecule has 124 valence electrons. The first-order valence-corrected chi connectivity index (χ1v) is 8.94. The zero-order valence-corrected chi connectivity index (χ0v) is 14.9. The third kappa shape index (κ3) is 3.46. The topological polar surface area (TPSA) is 46.2 Å². The fraction of sp³-hybridized carbons (Fsp3) is 0.333. The maximum atomic E-state index is 12.9. The molecular formula is C18H22FNO2S. The minimum atomic E-state index is -3.64. The average Bonchev–Trinajstić information content (AvgIpc) is 2.50.